The summed E-state index contributed by atoms with van der Waals surface area (Å²) >= 11 is 0. The predicted molar refractivity (Wildman–Crippen MR) is 216 cm³/mol. The van der Waals surface area contributed by atoms with Crippen LogP contribution in [0.15, 0.2) is 48.8 Å². The standard InChI is InChI=1S/C43H50N10O4/c1-41(2)35-29(10-7-11-30(35)53(39(41)57)31-13-15-34(54)47-37(31)55)42-23-43(24-42,25-42)51-18-16-50(17-19-51)28-12-14-33(44-22-28)46-40-45-21-26-20-32(38(56)49(3)4)52(36(26)48-40)27-8-5-6-9-27/h7,10-12,14,20-22,27,31H,5-6,8-9,13,15-19,23-25H2,1-4H3,(H,47,54,55)(H,44,45,46,48)/t31-,42?,43?/m1/s1. The molecule has 2 saturated heterocycles. The number of anilines is 4. The molecular weight excluding hydrogens is 721 g/mol. The highest BCUT2D eigenvalue weighted by Crippen LogP contribution is 2.72. The van der Waals surface area contributed by atoms with Gasteiger partial charge in [-0.25, -0.2) is 9.97 Å². The first-order valence-corrected chi connectivity index (χ1v) is 20.5. The van der Waals surface area contributed by atoms with Crippen LogP contribution in [0.25, 0.3) is 11.0 Å². The number of benzene rings is 1. The van der Waals surface area contributed by atoms with Crippen LogP contribution in [0.2, 0.25) is 0 Å². The van der Waals surface area contributed by atoms with Crippen LogP contribution >= 0.6 is 0 Å². The topological polar surface area (TPSA) is 149 Å². The van der Waals surface area contributed by atoms with Crippen molar-refractivity contribution >= 4 is 57.8 Å². The number of pyridine rings is 1. The normalized spacial score (nSPS) is 26.9. The Kier molecular flexibility index (Phi) is 8.10. The number of hydrogen-bond acceptors (Lipinski definition) is 10. The highest BCUT2D eigenvalue weighted by Gasteiger charge is 2.71. The van der Waals surface area contributed by atoms with Crippen molar-refractivity contribution in [2.75, 3.05) is 55.4 Å². The molecular formula is C43H50N10O4. The van der Waals surface area contributed by atoms with Gasteiger partial charge in [0, 0.05) is 81.0 Å². The van der Waals surface area contributed by atoms with E-state index in [9.17, 15) is 19.2 Å². The summed E-state index contributed by atoms with van der Waals surface area (Å²) in [5, 5.41) is 6.60. The Hall–Kier alpha value is -5.37. The van der Waals surface area contributed by atoms with Crippen molar-refractivity contribution in [3.05, 3.63) is 65.6 Å². The Balaban J connectivity index is 0.790. The van der Waals surface area contributed by atoms with Gasteiger partial charge in [0.25, 0.3) is 5.91 Å². The number of nitrogens with one attached hydrogen (secondary N) is 2. The molecule has 57 heavy (non-hydrogen) atoms. The molecule has 4 amide bonds. The molecule has 14 heteroatoms. The van der Waals surface area contributed by atoms with Gasteiger partial charge in [0.15, 0.2) is 0 Å². The summed E-state index contributed by atoms with van der Waals surface area (Å²) in [4.78, 5) is 74.4. The van der Waals surface area contributed by atoms with Gasteiger partial charge < -0.3 is 19.7 Å². The molecule has 0 unspecified atom stereocenters. The van der Waals surface area contributed by atoms with E-state index in [1.54, 1.807) is 30.1 Å². The predicted octanol–water partition coefficient (Wildman–Crippen LogP) is 4.81. The summed E-state index contributed by atoms with van der Waals surface area (Å²) < 4.78 is 2.12. The van der Waals surface area contributed by atoms with Crippen LogP contribution in [0.4, 0.5) is 23.1 Å². The van der Waals surface area contributed by atoms with Gasteiger partial charge in [-0.3, -0.25) is 34.3 Å². The van der Waals surface area contributed by atoms with Gasteiger partial charge in [-0.05, 0) is 87.8 Å². The summed E-state index contributed by atoms with van der Waals surface area (Å²) in [5.41, 5.74) is 5.14. The van der Waals surface area contributed by atoms with Crippen molar-refractivity contribution in [1.82, 2.24) is 34.6 Å². The van der Waals surface area contributed by atoms with Crippen molar-refractivity contribution in [3.8, 4) is 0 Å². The number of carbonyl (C=O) groups excluding carboxylic acids is 4. The van der Waals surface area contributed by atoms with E-state index >= 15 is 0 Å². The number of carbonyl (C=O) groups is 4. The summed E-state index contributed by atoms with van der Waals surface area (Å²) in [7, 11) is 3.56. The number of piperidine rings is 1. The van der Waals surface area contributed by atoms with Crippen molar-refractivity contribution < 1.29 is 19.2 Å². The van der Waals surface area contributed by atoms with Gasteiger partial charge in [-0.2, -0.15) is 4.98 Å². The molecule has 3 aromatic heterocycles. The van der Waals surface area contributed by atoms with Crippen LogP contribution in [0.3, 0.4) is 0 Å². The van der Waals surface area contributed by atoms with E-state index in [0.29, 0.717) is 23.9 Å². The maximum Gasteiger partial charge on any atom is 0.270 e. The third-order valence-corrected chi connectivity index (χ3v) is 14.0. The molecule has 0 radical (unpaired) electrons. The SMILES string of the molecule is CN(C)C(=O)c1cc2cnc(Nc3ccc(N4CCN(C56CC(c7cccc8c7C(C)(C)C(=O)N8[C@@H]7CCC(=O)NC7=O)(C5)C6)CC4)cn3)nc2n1C1CCCC1. The van der Waals surface area contributed by atoms with Gasteiger partial charge in [0.05, 0.1) is 17.3 Å². The largest absolute Gasteiger partial charge is 0.368 e. The van der Waals surface area contributed by atoms with E-state index < -0.39 is 11.5 Å². The highest BCUT2D eigenvalue weighted by molar-refractivity contribution is 6.14. The lowest BCUT2D eigenvalue weighted by Crippen LogP contribution is -2.78. The van der Waals surface area contributed by atoms with E-state index in [0.717, 1.165) is 99.1 Å². The highest BCUT2D eigenvalue weighted by atomic mass is 16.2. The first-order valence-electron chi connectivity index (χ1n) is 20.5. The number of hydrogen-bond donors (Lipinski definition) is 2. The van der Waals surface area contributed by atoms with Crippen molar-refractivity contribution in [2.45, 2.75) is 100 Å². The number of fused-ring (bicyclic) bond motifs is 2. The third kappa shape index (κ3) is 5.49. The van der Waals surface area contributed by atoms with Crippen LogP contribution in [-0.4, -0.2) is 105 Å². The summed E-state index contributed by atoms with van der Waals surface area (Å²) in [6.07, 6.45) is 11.9. The zero-order chi connectivity index (χ0) is 39.4. The number of rotatable bonds is 8. The zero-order valence-electron chi connectivity index (χ0n) is 33.2. The number of imide groups is 1. The summed E-state index contributed by atoms with van der Waals surface area (Å²) in [6, 6.07) is 11.8. The molecule has 6 fully saturated rings. The van der Waals surface area contributed by atoms with Gasteiger partial charge in [0.1, 0.15) is 23.2 Å². The Morgan fingerprint density at radius 3 is 2.37 bits per heavy atom. The van der Waals surface area contributed by atoms with E-state index in [-0.39, 0.29) is 47.0 Å². The molecule has 4 aromatic rings. The lowest BCUT2D eigenvalue weighted by atomic mass is 9.36. The summed E-state index contributed by atoms with van der Waals surface area (Å²) in [5.74, 6) is 0.361. The fourth-order valence-corrected chi connectivity index (χ4v) is 11.1. The zero-order valence-corrected chi connectivity index (χ0v) is 33.2. The number of piperazine rings is 1. The maximum absolute atomic E-state index is 13.9. The molecule has 296 valence electrons. The van der Waals surface area contributed by atoms with Crippen molar-refractivity contribution in [1.29, 1.82) is 0 Å². The quantitative estimate of drug-likeness (QED) is 0.239. The van der Waals surface area contributed by atoms with Gasteiger partial charge in [-0.15, -0.1) is 0 Å². The first kappa shape index (κ1) is 36.0. The molecule has 1 aromatic carbocycles. The second kappa shape index (κ2) is 12.8. The monoisotopic (exact) mass is 770 g/mol. The van der Waals surface area contributed by atoms with Crippen LogP contribution in [0, 0.1) is 0 Å². The van der Waals surface area contributed by atoms with Gasteiger partial charge >= 0.3 is 0 Å². The molecule has 4 aliphatic carbocycles. The minimum atomic E-state index is -0.750. The fraction of sp³-hybridized carbons (Fsp3) is 0.512. The average molecular weight is 771 g/mol. The minimum absolute atomic E-state index is 0.0276. The Labute approximate surface area is 332 Å². The number of amides is 4. The minimum Gasteiger partial charge on any atom is -0.368 e. The van der Waals surface area contributed by atoms with Gasteiger partial charge in [0.2, 0.25) is 23.7 Å². The first-order chi connectivity index (χ1) is 27.4. The average Bonchev–Trinajstić information content (AvgIpc) is 3.87. The Morgan fingerprint density at radius 2 is 1.68 bits per heavy atom. The Bertz CT molecular complexity index is 2320. The van der Waals surface area contributed by atoms with Crippen LogP contribution in [0.5, 0.6) is 0 Å². The lowest BCUT2D eigenvalue weighted by Gasteiger charge is -2.75. The van der Waals surface area contributed by atoms with Gasteiger partial charge in [-0.1, -0.05) is 25.0 Å². The summed E-state index contributed by atoms with van der Waals surface area (Å²) in [6.45, 7) is 7.75. The number of nitrogens with zero attached hydrogens (tertiary/aromatic N) is 8. The molecule has 2 N–H and O–H groups in total. The Morgan fingerprint density at radius 1 is 0.930 bits per heavy atom. The lowest BCUT2D eigenvalue weighted by molar-refractivity contribution is -0.171. The van der Waals surface area contributed by atoms with E-state index in [1.165, 1.54) is 5.56 Å². The smallest absolute Gasteiger partial charge is 0.270 e. The second-order valence-electron chi connectivity index (χ2n) is 18.0. The van der Waals surface area contributed by atoms with Crippen LogP contribution in [0.1, 0.15) is 99.3 Å². The van der Waals surface area contributed by atoms with E-state index in [2.05, 4.69) is 42.1 Å². The van der Waals surface area contributed by atoms with E-state index in [1.807, 2.05) is 44.3 Å². The molecule has 2 bridgehead atoms. The molecule has 3 aliphatic heterocycles. The molecule has 7 aliphatic rings. The molecule has 4 saturated carbocycles. The molecule has 11 rings (SSSR count). The fourth-order valence-electron chi connectivity index (χ4n) is 11.1. The second-order valence-corrected chi connectivity index (χ2v) is 18.0. The third-order valence-electron chi connectivity index (χ3n) is 14.0. The van der Waals surface area contributed by atoms with Crippen LogP contribution < -0.4 is 20.4 Å². The molecule has 14 nitrogen and oxygen atoms in total. The molecule has 1 atom stereocenters. The molecule has 0 spiro atoms. The van der Waals surface area contributed by atoms with E-state index in [4.69, 9.17) is 9.97 Å². The van der Waals surface area contributed by atoms with Crippen molar-refractivity contribution in [3.63, 3.8) is 0 Å². The van der Waals surface area contributed by atoms with Crippen molar-refractivity contribution in [2.24, 2.45) is 0 Å². The maximum atomic E-state index is 13.9. The molecule has 6 heterocycles. The number of aromatic nitrogens is 4. The van der Waals surface area contributed by atoms with Crippen LogP contribution in [-0.2, 0) is 25.2 Å².